The Kier molecular flexibility index (Phi) is 6.94. The summed E-state index contributed by atoms with van der Waals surface area (Å²) in [6.45, 7) is 8.00. The number of carbonyl (C=O) groups is 3. The molecule has 192 valence electrons. The summed E-state index contributed by atoms with van der Waals surface area (Å²) in [4.78, 5) is 42.1. The van der Waals surface area contributed by atoms with Crippen LogP contribution in [0, 0.1) is 12.8 Å². The fraction of sp³-hybridized carbons (Fsp3) is 0.345. The van der Waals surface area contributed by atoms with Crippen LogP contribution in [0.1, 0.15) is 33.5 Å². The number of ketones is 1. The minimum absolute atomic E-state index is 0.0419. The van der Waals surface area contributed by atoms with Gasteiger partial charge < -0.3 is 19.1 Å². The van der Waals surface area contributed by atoms with Crippen LogP contribution in [0.2, 0.25) is 0 Å². The lowest BCUT2D eigenvalue weighted by molar-refractivity contribution is -0.134. The molecule has 3 aromatic rings. The summed E-state index contributed by atoms with van der Waals surface area (Å²) in [6.07, 6.45) is 4.28. The van der Waals surface area contributed by atoms with Crippen LogP contribution in [0.5, 0.6) is 5.75 Å². The van der Waals surface area contributed by atoms with Gasteiger partial charge in [0.15, 0.2) is 5.78 Å². The van der Waals surface area contributed by atoms with Crippen LogP contribution in [0.25, 0.3) is 10.9 Å². The van der Waals surface area contributed by atoms with Crippen molar-refractivity contribution in [3.8, 4) is 5.75 Å². The standard InChI is InChI=1S/C29H30BrN3O4/c1-4-27(35)32-13-19(14-32)11-22(34)16-33-17-25(24-12-21(30)10-18(2)28(24)33)29(36)31-9-8-23-20(15-31)6-5-7-26(23)37-3/h4-7,10,12,17,19H,1,8-9,11,13-16H2,2-3H3. The number of benzene rings is 2. The maximum Gasteiger partial charge on any atom is 0.256 e. The molecule has 0 aliphatic carbocycles. The summed E-state index contributed by atoms with van der Waals surface area (Å²) < 4.78 is 8.32. The third-order valence-corrected chi connectivity index (χ3v) is 7.85. The molecule has 2 aromatic carbocycles. The number of aromatic nitrogens is 1. The number of Topliss-reactive ketones (excluding diaryl/α,β-unsaturated/α-hetero) is 1. The molecular weight excluding hydrogens is 534 g/mol. The highest BCUT2D eigenvalue weighted by Gasteiger charge is 2.31. The molecule has 1 saturated heterocycles. The van der Waals surface area contributed by atoms with Gasteiger partial charge in [-0.15, -0.1) is 0 Å². The molecular formula is C29H30BrN3O4. The van der Waals surface area contributed by atoms with E-state index in [0.29, 0.717) is 38.2 Å². The molecule has 7 nitrogen and oxygen atoms in total. The summed E-state index contributed by atoms with van der Waals surface area (Å²) in [5, 5.41) is 0.840. The second-order valence-electron chi connectivity index (χ2n) is 9.92. The number of likely N-dealkylation sites (tertiary alicyclic amines) is 1. The van der Waals surface area contributed by atoms with Gasteiger partial charge in [0.05, 0.1) is 24.7 Å². The predicted octanol–water partition coefficient (Wildman–Crippen LogP) is 4.52. The number of nitrogens with zero attached hydrogens (tertiary/aromatic N) is 3. The fourth-order valence-corrected chi connectivity index (χ4v) is 6.17. The van der Waals surface area contributed by atoms with Gasteiger partial charge in [0.2, 0.25) is 5.91 Å². The minimum Gasteiger partial charge on any atom is -0.496 e. The van der Waals surface area contributed by atoms with Gasteiger partial charge in [-0.1, -0.05) is 34.6 Å². The number of hydrogen-bond acceptors (Lipinski definition) is 4. The van der Waals surface area contributed by atoms with E-state index in [2.05, 4.69) is 22.5 Å². The van der Waals surface area contributed by atoms with Gasteiger partial charge in [-0.25, -0.2) is 0 Å². The summed E-state index contributed by atoms with van der Waals surface area (Å²) in [7, 11) is 1.67. The molecule has 2 aliphatic heterocycles. The van der Waals surface area contributed by atoms with Crippen LogP contribution in [-0.4, -0.2) is 58.7 Å². The Morgan fingerprint density at radius 3 is 2.70 bits per heavy atom. The van der Waals surface area contributed by atoms with E-state index in [4.69, 9.17) is 4.74 Å². The number of fused-ring (bicyclic) bond motifs is 2. The Bertz CT molecular complexity index is 1420. The molecule has 0 spiro atoms. The van der Waals surface area contributed by atoms with Gasteiger partial charge in [0, 0.05) is 60.1 Å². The van der Waals surface area contributed by atoms with Crippen LogP contribution in [0.3, 0.4) is 0 Å². The third-order valence-electron chi connectivity index (χ3n) is 7.39. The molecule has 0 atom stereocenters. The van der Waals surface area contributed by atoms with Gasteiger partial charge >= 0.3 is 0 Å². The van der Waals surface area contributed by atoms with E-state index in [0.717, 1.165) is 44.2 Å². The van der Waals surface area contributed by atoms with Crippen molar-refractivity contribution in [3.05, 3.63) is 75.9 Å². The lowest BCUT2D eigenvalue weighted by Gasteiger charge is -2.38. The Balaban J connectivity index is 1.38. The topological polar surface area (TPSA) is 71.9 Å². The predicted molar refractivity (Wildman–Crippen MR) is 146 cm³/mol. The first-order chi connectivity index (χ1) is 17.8. The highest BCUT2D eigenvalue weighted by molar-refractivity contribution is 9.10. The van der Waals surface area contributed by atoms with Crippen LogP contribution in [0.4, 0.5) is 0 Å². The van der Waals surface area contributed by atoms with Crippen molar-refractivity contribution in [1.29, 1.82) is 0 Å². The Morgan fingerprint density at radius 2 is 1.97 bits per heavy atom. The number of aryl methyl sites for hydroxylation is 1. The Hall–Kier alpha value is -3.39. The molecule has 0 saturated carbocycles. The minimum atomic E-state index is -0.0942. The van der Waals surface area contributed by atoms with Crippen molar-refractivity contribution in [2.24, 2.45) is 5.92 Å². The van der Waals surface area contributed by atoms with Crippen molar-refractivity contribution in [2.45, 2.75) is 32.9 Å². The molecule has 0 N–H and O–H groups in total. The Morgan fingerprint density at radius 1 is 1.19 bits per heavy atom. The maximum atomic E-state index is 13.8. The quantitative estimate of drug-likeness (QED) is 0.396. The molecule has 0 radical (unpaired) electrons. The molecule has 0 bridgehead atoms. The molecule has 5 rings (SSSR count). The fourth-order valence-electron chi connectivity index (χ4n) is 5.60. The van der Waals surface area contributed by atoms with E-state index >= 15 is 0 Å². The largest absolute Gasteiger partial charge is 0.496 e. The van der Waals surface area contributed by atoms with Crippen LogP contribution < -0.4 is 4.74 Å². The number of hydrogen-bond donors (Lipinski definition) is 0. The summed E-state index contributed by atoms with van der Waals surface area (Å²) >= 11 is 3.58. The summed E-state index contributed by atoms with van der Waals surface area (Å²) in [5.74, 6) is 0.985. The highest BCUT2D eigenvalue weighted by atomic mass is 79.9. The van der Waals surface area contributed by atoms with Crippen LogP contribution in [-0.2, 0) is 29.1 Å². The zero-order valence-corrected chi connectivity index (χ0v) is 22.7. The molecule has 1 aromatic heterocycles. The lowest BCUT2D eigenvalue weighted by atomic mass is 9.94. The van der Waals surface area contributed by atoms with E-state index in [1.807, 2.05) is 52.9 Å². The average molecular weight is 564 g/mol. The second kappa shape index (κ2) is 10.2. The average Bonchev–Trinajstić information content (AvgIpc) is 3.22. The molecule has 8 heteroatoms. The molecule has 2 amide bonds. The number of halogens is 1. The first-order valence-electron chi connectivity index (χ1n) is 12.4. The highest BCUT2D eigenvalue weighted by Crippen LogP contribution is 2.33. The number of carbonyl (C=O) groups excluding carboxylic acids is 3. The SMILES string of the molecule is C=CC(=O)N1CC(CC(=O)Cn2cc(C(=O)N3CCc4c(cccc4OC)C3)c3cc(Br)cc(C)c32)C1. The van der Waals surface area contributed by atoms with E-state index in [1.165, 1.54) is 6.08 Å². The molecule has 37 heavy (non-hydrogen) atoms. The number of amides is 2. The van der Waals surface area contributed by atoms with E-state index < -0.39 is 0 Å². The smallest absolute Gasteiger partial charge is 0.256 e. The van der Waals surface area contributed by atoms with E-state index in [1.54, 1.807) is 12.0 Å². The third kappa shape index (κ3) is 4.82. The molecule has 3 heterocycles. The van der Waals surface area contributed by atoms with Gasteiger partial charge in [-0.3, -0.25) is 14.4 Å². The number of rotatable bonds is 7. The van der Waals surface area contributed by atoms with Crippen LogP contribution >= 0.6 is 15.9 Å². The zero-order valence-electron chi connectivity index (χ0n) is 21.1. The molecule has 1 fully saturated rings. The summed E-state index contributed by atoms with van der Waals surface area (Å²) in [6, 6.07) is 9.93. The normalized spacial score (nSPS) is 15.3. The van der Waals surface area contributed by atoms with Crippen molar-refractivity contribution in [1.82, 2.24) is 14.4 Å². The second-order valence-corrected chi connectivity index (χ2v) is 10.8. The van der Waals surface area contributed by atoms with Gasteiger partial charge in [-0.2, -0.15) is 0 Å². The maximum absolute atomic E-state index is 13.8. The van der Waals surface area contributed by atoms with Crippen molar-refractivity contribution < 1.29 is 19.1 Å². The zero-order chi connectivity index (χ0) is 26.3. The van der Waals surface area contributed by atoms with Crippen molar-refractivity contribution >= 4 is 44.4 Å². The first kappa shape index (κ1) is 25.3. The molecule has 0 unspecified atom stereocenters. The van der Waals surface area contributed by atoms with Crippen LogP contribution in [0.15, 0.2) is 53.7 Å². The van der Waals surface area contributed by atoms with E-state index in [9.17, 15) is 14.4 Å². The molecule has 2 aliphatic rings. The van der Waals surface area contributed by atoms with Gasteiger partial charge in [0.25, 0.3) is 5.91 Å². The van der Waals surface area contributed by atoms with E-state index in [-0.39, 0.29) is 30.1 Å². The van der Waals surface area contributed by atoms with Crippen molar-refractivity contribution in [3.63, 3.8) is 0 Å². The first-order valence-corrected chi connectivity index (χ1v) is 13.2. The van der Waals surface area contributed by atoms with Gasteiger partial charge in [-0.05, 0) is 48.7 Å². The van der Waals surface area contributed by atoms with Gasteiger partial charge in [0.1, 0.15) is 5.75 Å². The summed E-state index contributed by atoms with van der Waals surface area (Å²) in [5.41, 5.74) is 4.75. The lowest BCUT2D eigenvalue weighted by Crippen LogP contribution is -2.50. The van der Waals surface area contributed by atoms with Crippen molar-refractivity contribution in [2.75, 3.05) is 26.7 Å². The Labute approximate surface area is 224 Å². The monoisotopic (exact) mass is 563 g/mol. The number of ether oxygens (including phenoxy) is 1. The number of methoxy groups -OCH3 is 1.